The molecule has 0 unspecified atom stereocenters. The largest absolute Gasteiger partial charge is 0.493 e. The zero-order chi connectivity index (χ0) is 23.5. The Morgan fingerprint density at radius 3 is 2.13 bits per heavy atom. The first-order valence-corrected chi connectivity index (χ1v) is 9.70. The van der Waals surface area contributed by atoms with E-state index in [-0.39, 0.29) is 29.0 Å². The molecular weight excluding hydrogens is 402 g/mol. The van der Waals surface area contributed by atoms with E-state index < -0.39 is 11.9 Å². The smallest absolute Gasteiger partial charge is 0.340 e. The summed E-state index contributed by atoms with van der Waals surface area (Å²) in [4.78, 5) is 42.5. The molecule has 31 heavy (non-hydrogen) atoms. The molecule has 0 radical (unpaired) electrons. The third-order valence-corrected chi connectivity index (χ3v) is 4.62. The second-order valence-electron chi connectivity index (χ2n) is 7.49. The minimum atomic E-state index is -0.510. The Labute approximate surface area is 181 Å². The van der Waals surface area contributed by atoms with E-state index in [9.17, 15) is 14.4 Å². The molecule has 0 bridgehead atoms. The van der Waals surface area contributed by atoms with Gasteiger partial charge in [0.15, 0.2) is 11.5 Å². The number of aromatic amines is 1. The van der Waals surface area contributed by atoms with Crippen LogP contribution in [0.4, 0.5) is 5.69 Å². The summed E-state index contributed by atoms with van der Waals surface area (Å²) in [6.45, 7) is 6.86. The number of anilines is 1. The number of hydrogen-bond acceptors (Lipinski definition) is 6. The van der Waals surface area contributed by atoms with Gasteiger partial charge in [0.25, 0.3) is 11.8 Å². The van der Waals surface area contributed by atoms with E-state index >= 15 is 0 Å². The molecule has 0 atom stereocenters. The second kappa shape index (κ2) is 9.55. The van der Waals surface area contributed by atoms with Crippen LogP contribution < -0.4 is 14.8 Å². The summed E-state index contributed by atoms with van der Waals surface area (Å²) >= 11 is 0. The standard InChI is InChI=1S/C22H29N3O6/c1-11(2)31-22(28)18-12(3)19(23-13(18)4)20(26)24-15-10-17(30-8)16(29-7)9-14(15)21(27)25(5)6/h9-11,23H,1-8H3,(H,24,26). The number of hydrogen-bond donors (Lipinski definition) is 2. The molecule has 0 fully saturated rings. The topological polar surface area (TPSA) is 110 Å². The van der Waals surface area contributed by atoms with E-state index in [4.69, 9.17) is 14.2 Å². The van der Waals surface area contributed by atoms with Gasteiger partial charge in [0.2, 0.25) is 0 Å². The quantitative estimate of drug-likeness (QED) is 0.652. The molecule has 168 valence electrons. The van der Waals surface area contributed by atoms with Crippen LogP contribution in [0.2, 0.25) is 0 Å². The van der Waals surface area contributed by atoms with E-state index in [0.717, 1.165) is 0 Å². The molecule has 0 aliphatic rings. The summed E-state index contributed by atoms with van der Waals surface area (Å²) in [5, 5.41) is 2.74. The number of esters is 1. The van der Waals surface area contributed by atoms with Gasteiger partial charge in [0.1, 0.15) is 5.69 Å². The lowest BCUT2D eigenvalue weighted by atomic mass is 10.1. The Balaban J connectivity index is 2.48. The van der Waals surface area contributed by atoms with Gasteiger partial charge in [0.05, 0.1) is 37.1 Å². The van der Waals surface area contributed by atoms with E-state index in [1.54, 1.807) is 41.8 Å². The average molecular weight is 431 g/mol. The molecule has 0 aliphatic heterocycles. The van der Waals surface area contributed by atoms with E-state index in [0.29, 0.717) is 28.3 Å². The zero-order valence-electron chi connectivity index (χ0n) is 19.1. The number of amides is 2. The Kier molecular flexibility index (Phi) is 7.32. The van der Waals surface area contributed by atoms with E-state index in [1.165, 1.54) is 31.3 Å². The summed E-state index contributed by atoms with van der Waals surface area (Å²) in [5.41, 5.74) is 1.98. The fourth-order valence-electron chi connectivity index (χ4n) is 3.14. The van der Waals surface area contributed by atoms with Gasteiger partial charge < -0.3 is 29.4 Å². The van der Waals surface area contributed by atoms with Crippen molar-refractivity contribution in [2.45, 2.75) is 33.8 Å². The van der Waals surface area contributed by atoms with Gasteiger partial charge in [-0.15, -0.1) is 0 Å². The van der Waals surface area contributed by atoms with Crippen molar-refractivity contribution < 1.29 is 28.6 Å². The molecule has 2 aromatic rings. The van der Waals surface area contributed by atoms with Crippen LogP contribution in [0.1, 0.15) is 56.3 Å². The number of rotatable bonds is 7. The number of ether oxygens (including phenoxy) is 3. The Bertz CT molecular complexity index is 1010. The lowest BCUT2D eigenvalue weighted by molar-refractivity contribution is 0.0376. The number of nitrogens with zero attached hydrogens (tertiary/aromatic N) is 1. The van der Waals surface area contributed by atoms with Crippen molar-refractivity contribution in [1.29, 1.82) is 0 Å². The molecule has 0 spiro atoms. The normalized spacial score (nSPS) is 10.6. The first kappa shape index (κ1) is 23.8. The molecule has 2 rings (SSSR count). The van der Waals surface area contributed by atoms with Crippen LogP contribution >= 0.6 is 0 Å². The number of carbonyl (C=O) groups is 3. The molecular formula is C22H29N3O6. The number of H-pyrrole nitrogens is 1. The summed E-state index contributed by atoms with van der Waals surface area (Å²) < 4.78 is 15.9. The van der Waals surface area contributed by atoms with Crippen molar-refractivity contribution in [1.82, 2.24) is 9.88 Å². The molecule has 2 N–H and O–H groups in total. The van der Waals surface area contributed by atoms with Crippen molar-refractivity contribution >= 4 is 23.5 Å². The molecule has 0 aliphatic carbocycles. The van der Waals surface area contributed by atoms with Gasteiger partial charge in [0, 0.05) is 25.9 Å². The summed E-state index contributed by atoms with van der Waals surface area (Å²) in [5.74, 6) is -0.624. The second-order valence-corrected chi connectivity index (χ2v) is 7.49. The molecule has 1 aromatic carbocycles. The predicted molar refractivity (Wildman–Crippen MR) is 116 cm³/mol. The maximum Gasteiger partial charge on any atom is 0.340 e. The van der Waals surface area contributed by atoms with Crippen molar-refractivity contribution in [2.75, 3.05) is 33.6 Å². The Morgan fingerprint density at radius 1 is 1.03 bits per heavy atom. The van der Waals surface area contributed by atoms with Gasteiger partial charge in [-0.25, -0.2) is 4.79 Å². The van der Waals surface area contributed by atoms with Crippen molar-refractivity contribution in [2.24, 2.45) is 0 Å². The van der Waals surface area contributed by atoms with Crippen molar-refractivity contribution in [3.63, 3.8) is 0 Å². The van der Waals surface area contributed by atoms with Gasteiger partial charge in [-0.05, 0) is 39.3 Å². The van der Waals surface area contributed by atoms with E-state index in [1.807, 2.05) is 0 Å². The van der Waals surface area contributed by atoms with Crippen LogP contribution in [0.5, 0.6) is 11.5 Å². The number of aromatic nitrogens is 1. The number of nitrogens with one attached hydrogen (secondary N) is 2. The predicted octanol–water partition coefficient (Wildman–Crippen LogP) is 3.17. The Morgan fingerprint density at radius 2 is 1.61 bits per heavy atom. The molecule has 1 heterocycles. The maximum absolute atomic E-state index is 13.1. The zero-order valence-corrected chi connectivity index (χ0v) is 19.1. The summed E-state index contributed by atoms with van der Waals surface area (Å²) in [6, 6.07) is 3.03. The lowest BCUT2D eigenvalue weighted by Gasteiger charge is -2.18. The lowest BCUT2D eigenvalue weighted by Crippen LogP contribution is -2.24. The molecule has 0 saturated carbocycles. The maximum atomic E-state index is 13.1. The van der Waals surface area contributed by atoms with Gasteiger partial charge in [-0.1, -0.05) is 0 Å². The fraction of sp³-hybridized carbons (Fsp3) is 0.409. The number of aryl methyl sites for hydroxylation is 1. The van der Waals surface area contributed by atoms with E-state index in [2.05, 4.69) is 10.3 Å². The highest BCUT2D eigenvalue weighted by Gasteiger charge is 2.25. The molecule has 9 nitrogen and oxygen atoms in total. The highest BCUT2D eigenvalue weighted by molar-refractivity contribution is 6.10. The molecule has 9 heteroatoms. The van der Waals surface area contributed by atoms with Crippen LogP contribution in [0.15, 0.2) is 12.1 Å². The summed E-state index contributed by atoms with van der Waals surface area (Å²) in [6.07, 6.45) is -0.287. The monoisotopic (exact) mass is 431 g/mol. The third kappa shape index (κ3) is 4.99. The van der Waals surface area contributed by atoms with Crippen LogP contribution in [0, 0.1) is 13.8 Å². The highest BCUT2D eigenvalue weighted by atomic mass is 16.5. The SMILES string of the molecule is COc1cc(NC(=O)c2[nH]c(C)c(C(=O)OC(C)C)c2C)c(C(=O)N(C)C)cc1OC. The minimum absolute atomic E-state index is 0.200. The van der Waals surface area contributed by atoms with Crippen LogP contribution in [-0.4, -0.2) is 62.1 Å². The fourth-order valence-corrected chi connectivity index (χ4v) is 3.14. The van der Waals surface area contributed by atoms with Crippen molar-refractivity contribution in [3.05, 3.63) is 40.2 Å². The molecule has 1 aromatic heterocycles. The van der Waals surface area contributed by atoms with Crippen LogP contribution in [0.3, 0.4) is 0 Å². The van der Waals surface area contributed by atoms with Crippen LogP contribution in [-0.2, 0) is 4.74 Å². The number of methoxy groups -OCH3 is 2. The van der Waals surface area contributed by atoms with Gasteiger partial charge in [-0.2, -0.15) is 0 Å². The highest BCUT2D eigenvalue weighted by Crippen LogP contribution is 2.34. The number of benzene rings is 1. The Hall–Kier alpha value is -3.49. The molecule has 2 amide bonds. The minimum Gasteiger partial charge on any atom is -0.493 e. The first-order chi connectivity index (χ1) is 14.5. The van der Waals surface area contributed by atoms with Crippen molar-refractivity contribution in [3.8, 4) is 11.5 Å². The third-order valence-electron chi connectivity index (χ3n) is 4.62. The average Bonchev–Trinajstić information content (AvgIpc) is 3.00. The van der Waals surface area contributed by atoms with Gasteiger partial charge >= 0.3 is 5.97 Å². The number of carbonyl (C=O) groups excluding carboxylic acids is 3. The summed E-state index contributed by atoms with van der Waals surface area (Å²) in [7, 11) is 6.14. The van der Waals surface area contributed by atoms with Crippen LogP contribution in [0.25, 0.3) is 0 Å². The molecule has 0 saturated heterocycles. The van der Waals surface area contributed by atoms with Gasteiger partial charge in [-0.3, -0.25) is 9.59 Å². The first-order valence-electron chi connectivity index (χ1n) is 9.70.